The Labute approximate surface area is 127 Å². The molecule has 1 aliphatic heterocycles. The summed E-state index contributed by atoms with van der Waals surface area (Å²) in [5.41, 5.74) is 1.24. The highest BCUT2D eigenvalue weighted by molar-refractivity contribution is 9.09. The summed E-state index contributed by atoms with van der Waals surface area (Å²) in [4.78, 5) is 16.6. The smallest absolute Gasteiger partial charge is 0.254 e. The maximum atomic E-state index is 13.4. The largest absolute Gasteiger partial charge is 0.337 e. The molecule has 0 saturated carbocycles. The van der Waals surface area contributed by atoms with E-state index in [2.05, 4.69) is 20.8 Å². The van der Waals surface area contributed by atoms with Gasteiger partial charge < -0.3 is 9.80 Å². The minimum absolute atomic E-state index is 0.0618. The number of hydrogen-bond donors (Lipinski definition) is 0. The van der Waals surface area contributed by atoms with Crippen LogP contribution in [0.2, 0.25) is 0 Å². The van der Waals surface area contributed by atoms with Crippen molar-refractivity contribution in [2.45, 2.75) is 13.3 Å². The first-order valence-corrected chi connectivity index (χ1v) is 8.07. The third-order valence-electron chi connectivity index (χ3n) is 3.57. The van der Waals surface area contributed by atoms with E-state index in [0.717, 1.165) is 43.5 Å². The number of alkyl halides is 1. The van der Waals surface area contributed by atoms with Crippen molar-refractivity contribution in [2.24, 2.45) is 0 Å². The van der Waals surface area contributed by atoms with Gasteiger partial charge in [0.05, 0.1) is 0 Å². The molecular formula is C15H20BrFN2O. The van der Waals surface area contributed by atoms with Crippen molar-refractivity contribution in [1.29, 1.82) is 0 Å². The maximum absolute atomic E-state index is 13.4. The highest BCUT2D eigenvalue weighted by Crippen LogP contribution is 2.13. The molecule has 3 nitrogen and oxygen atoms in total. The summed E-state index contributed by atoms with van der Waals surface area (Å²) >= 11 is 3.44. The van der Waals surface area contributed by atoms with Crippen LogP contribution in [0.3, 0.4) is 0 Å². The molecule has 0 radical (unpaired) electrons. The van der Waals surface area contributed by atoms with E-state index in [0.29, 0.717) is 12.1 Å². The Kier molecular flexibility index (Phi) is 5.54. The number of hydrogen-bond acceptors (Lipinski definition) is 2. The molecule has 1 aromatic rings. The van der Waals surface area contributed by atoms with E-state index in [1.54, 1.807) is 13.0 Å². The van der Waals surface area contributed by atoms with Crippen LogP contribution in [0.4, 0.5) is 4.39 Å². The van der Waals surface area contributed by atoms with Crippen LogP contribution in [0, 0.1) is 12.7 Å². The number of rotatable bonds is 3. The first kappa shape index (κ1) is 15.4. The van der Waals surface area contributed by atoms with Crippen LogP contribution in [0.1, 0.15) is 22.3 Å². The lowest BCUT2D eigenvalue weighted by Crippen LogP contribution is -2.35. The van der Waals surface area contributed by atoms with Crippen molar-refractivity contribution in [3.63, 3.8) is 0 Å². The third kappa shape index (κ3) is 4.03. The van der Waals surface area contributed by atoms with Crippen molar-refractivity contribution in [3.8, 4) is 0 Å². The molecule has 2 rings (SSSR count). The number of halogens is 2. The van der Waals surface area contributed by atoms with Gasteiger partial charge in [0, 0.05) is 37.1 Å². The number of carbonyl (C=O) groups is 1. The average molecular weight is 343 g/mol. The van der Waals surface area contributed by atoms with Gasteiger partial charge in [-0.2, -0.15) is 0 Å². The number of nitrogens with zero attached hydrogens (tertiary/aromatic N) is 2. The standard InChI is InChI=1S/C15H20BrFN2O/c1-12-9-13(11-14(17)10-12)15(20)19-5-2-4-18(6-3-16)7-8-19/h9-11H,2-8H2,1H3. The van der Waals surface area contributed by atoms with E-state index in [1.165, 1.54) is 12.1 Å². The Morgan fingerprint density at radius 3 is 2.75 bits per heavy atom. The Balaban J connectivity index is 2.05. The zero-order valence-corrected chi connectivity index (χ0v) is 13.3. The van der Waals surface area contributed by atoms with Crippen LogP contribution in [0.5, 0.6) is 0 Å². The van der Waals surface area contributed by atoms with Gasteiger partial charge >= 0.3 is 0 Å². The monoisotopic (exact) mass is 342 g/mol. The predicted molar refractivity (Wildman–Crippen MR) is 81.9 cm³/mol. The van der Waals surface area contributed by atoms with Crippen LogP contribution in [0.15, 0.2) is 18.2 Å². The van der Waals surface area contributed by atoms with E-state index < -0.39 is 0 Å². The Hall–Kier alpha value is -0.940. The Bertz CT molecular complexity index is 461. The minimum atomic E-state index is -0.343. The van der Waals surface area contributed by atoms with Crippen LogP contribution in [0.25, 0.3) is 0 Å². The van der Waals surface area contributed by atoms with Gasteiger partial charge in [0.25, 0.3) is 5.91 Å². The molecule has 5 heteroatoms. The average Bonchev–Trinajstić information content (AvgIpc) is 2.63. The van der Waals surface area contributed by atoms with Gasteiger partial charge in [-0.1, -0.05) is 15.9 Å². The fourth-order valence-corrected chi connectivity index (χ4v) is 3.06. The van der Waals surface area contributed by atoms with Crippen LogP contribution < -0.4 is 0 Å². The molecule has 0 unspecified atom stereocenters. The molecule has 0 spiro atoms. The summed E-state index contributed by atoms with van der Waals surface area (Å²) in [7, 11) is 0. The topological polar surface area (TPSA) is 23.6 Å². The lowest BCUT2D eigenvalue weighted by atomic mass is 10.1. The second-order valence-corrected chi connectivity index (χ2v) is 5.99. The van der Waals surface area contributed by atoms with Gasteiger partial charge in [-0.15, -0.1) is 0 Å². The molecule has 110 valence electrons. The molecule has 1 heterocycles. The molecule has 20 heavy (non-hydrogen) atoms. The fourth-order valence-electron chi connectivity index (χ4n) is 2.56. The van der Waals surface area contributed by atoms with E-state index in [4.69, 9.17) is 0 Å². The summed E-state index contributed by atoms with van der Waals surface area (Å²) in [5.74, 6) is -0.405. The van der Waals surface area contributed by atoms with Crippen molar-refractivity contribution >= 4 is 21.8 Å². The normalized spacial score (nSPS) is 17.1. The summed E-state index contributed by atoms with van der Waals surface area (Å²) in [6.07, 6.45) is 0.965. The lowest BCUT2D eigenvalue weighted by Gasteiger charge is -2.21. The summed E-state index contributed by atoms with van der Waals surface area (Å²) in [6, 6.07) is 4.53. The van der Waals surface area contributed by atoms with Gasteiger partial charge in [0.15, 0.2) is 0 Å². The highest BCUT2D eigenvalue weighted by Gasteiger charge is 2.20. The molecule has 1 aromatic carbocycles. The predicted octanol–water partition coefficient (Wildman–Crippen LogP) is 2.68. The van der Waals surface area contributed by atoms with Gasteiger partial charge in [0.2, 0.25) is 0 Å². The highest BCUT2D eigenvalue weighted by atomic mass is 79.9. The van der Waals surface area contributed by atoms with E-state index >= 15 is 0 Å². The van der Waals surface area contributed by atoms with Crippen LogP contribution in [-0.4, -0.2) is 53.8 Å². The first-order valence-electron chi connectivity index (χ1n) is 6.95. The SMILES string of the molecule is Cc1cc(F)cc(C(=O)N2CCCN(CCBr)CC2)c1. The zero-order chi connectivity index (χ0) is 14.5. The van der Waals surface area contributed by atoms with Crippen LogP contribution in [-0.2, 0) is 0 Å². The molecule has 0 N–H and O–H groups in total. The van der Waals surface area contributed by atoms with E-state index in [-0.39, 0.29) is 11.7 Å². The van der Waals surface area contributed by atoms with Gasteiger partial charge in [0.1, 0.15) is 5.82 Å². The number of carbonyl (C=O) groups excluding carboxylic acids is 1. The van der Waals surface area contributed by atoms with Gasteiger partial charge in [-0.25, -0.2) is 4.39 Å². The Morgan fingerprint density at radius 2 is 2.05 bits per heavy atom. The first-order chi connectivity index (χ1) is 9.60. The number of aryl methyl sites for hydroxylation is 1. The van der Waals surface area contributed by atoms with E-state index in [9.17, 15) is 9.18 Å². The molecule has 0 bridgehead atoms. The minimum Gasteiger partial charge on any atom is -0.337 e. The van der Waals surface area contributed by atoms with Gasteiger partial charge in [-0.05, 0) is 43.7 Å². The molecule has 1 amide bonds. The van der Waals surface area contributed by atoms with Crippen molar-refractivity contribution in [1.82, 2.24) is 9.80 Å². The quantitative estimate of drug-likeness (QED) is 0.788. The Morgan fingerprint density at radius 1 is 1.25 bits per heavy atom. The second-order valence-electron chi connectivity index (χ2n) is 5.19. The number of amides is 1. The third-order valence-corrected chi connectivity index (χ3v) is 3.92. The van der Waals surface area contributed by atoms with Crippen molar-refractivity contribution in [3.05, 3.63) is 35.1 Å². The zero-order valence-electron chi connectivity index (χ0n) is 11.7. The summed E-state index contributed by atoms with van der Waals surface area (Å²) in [5, 5.41) is 0.948. The molecule has 1 aliphatic rings. The molecule has 1 saturated heterocycles. The maximum Gasteiger partial charge on any atom is 0.254 e. The molecular weight excluding hydrogens is 323 g/mol. The lowest BCUT2D eigenvalue weighted by molar-refractivity contribution is 0.0761. The van der Waals surface area contributed by atoms with Crippen molar-refractivity contribution < 1.29 is 9.18 Å². The summed E-state index contributed by atoms with van der Waals surface area (Å²) < 4.78 is 13.4. The second kappa shape index (κ2) is 7.18. The van der Waals surface area contributed by atoms with Gasteiger partial charge in [-0.3, -0.25) is 4.79 Å². The molecule has 1 fully saturated rings. The molecule has 0 aliphatic carbocycles. The van der Waals surface area contributed by atoms with E-state index in [1.807, 2.05) is 4.90 Å². The molecule has 0 aromatic heterocycles. The van der Waals surface area contributed by atoms with Crippen molar-refractivity contribution in [2.75, 3.05) is 38.1 Å². The fraction of sp³-hybridized carbons (Fsp3) is 0.533. The summed E-state index contributed by atoms with van der Waals surface area (Å²) in [6.45, 7) is 6.15. The van der Waals surface area contributed by atoms with Crippen LogP contribution >= 0.6 is 15.9 Å². The number of benzene rings is 1. The molecule has 0 atom stereocenters.